The van der Waals surface area contributed by atoms with E-state index in [1.165, 1.54) is 0 Å². The molecule has 0 saturated carbocycles. The van der Waals surface area contributed by atoms with Crippen molar-refractivity contribution >= 4 is 23.4 Å². The van der Waals surface area contributed by atoms with Gasteiger partial charge in [-0.15, -0.1) is 11.8 Å². The zero-order chi connectivity index (χ0) is 12.1. The summed E-state index contributed by atoms with van der Waals surface area (Å²) in [5.74, 6) is -0.0359. The molecular formula is C12H16N2O2S. The molecule has 1 atom stereocenters. The summed E-state index contributed by atoms with van der Waals surface area (Å²) in [4.78, 5) is 13.0. The molecule has 0 spiro atoms. The van der Waals surface area contributed by atoms with Gasteiger partial charge in [0.05, 0.1) is 18.9 Å². The lowest BCUT2D eigenvalue weighted by molar-refractivity contribution is -0.120. The molecular weight excluding hydrogens is 236 g/mol. The van der Waals surface area contributed by atoms with Gasteiger partial charge in [-0.2, -0.15) is 0 Å². The summed E-state index contributed by atoms with van der Waals surface area (Å²) in [5, 5.41) is 6.06. The highest BCUT2D eigenvalue weighted by molar-refractivity contribution is 7.98. The van der Waals surface area contributed by atoms with Gasteiger partial charge in [-0.25, -0.2) is 0 Å². The van der Waals surface area contributed by atoms with Gasteiger partial charge in [-0.3, -0.25) is 4.79 Å². The second-order valence-corrected chi connectivity index (χ2v) is 4.62. The topological polar surface area (TPSA) is 50.4 Å². The lowest BCUT2D eigenvalue weighted by Crippen LogP contribution is -2.48. The fourth-order valence-electron chi connectivity index (χ4n) is 1.70. The van der Waals surface area contributed by atoms with Crippen molar-refractivity contribution in [3.05, 3.63) is 24.3 Å². The zero-order valence-corrected chi connectivity index (χ0v) is 10.5. The van der Waals surface area contributed by atoms with Crippen LogP contribution in [-0.4, -0.2) is 38.0 Å². The lowest BCUT2D eigenvalue weighted by atomic mass is 10.2. The number of para-hydroxylation sites is 1. The van der Waals surface area contributed by atoms with Crippen molar-refractivity contribution in [3.8, 4) is 0 Å². The summed E-state index contributed by atoms with van der Waals surface area (Å²) in [6.45, 7) is 1.83. The number of hydrogen-bond acceptors (Lipinski definition) is 4. The van der Waals surface area contributed by atoms with Crippen LogP contribution in [0, 0.1) is 0 Å². The first-order valence-electron chi connectivity index (χ1n) is 5.56. The van der Waals surface area contributed by atoms with Crippen molar-refractivity contribution in [3.63, 3.8) is 0 Å². The fraction of sp³-hybridized carbons (Fsp3) is 0.417. The Morgan fingerprint density at radius 2 is 2.35 bits per heavy atom. The molecule has 4 nitrogen and oxygen atoms in total. The number of thioether (sulfide) groups is 1. The fourth-order valence-corrected chi connectivity index (χ4v) is 2.26. The number of rotatable bonds is 3. The average molecular weight is 252 g/mol. The van der Waals surface area contributed by atoms with Gasteiger partial charge < -0.3 is 15.4 Å². The lowest BCUT2D eigenvalue weighted by Gasteiger charge is -2.23. The zero-order valence-electron chi connectivity index (χ0n) is 9.73. The number of carbonyl (C=O) groups is 1. The number of ether oxygens (including phenoxy) is 1. The molecule has 1 aromatic carbocycles. The van der Waals surface area contributed by atoms with Gasteiger partial charge in [0, 0.05) is 11.4 Å². The van der Waals surface area contributed by atoms with E-state index in [-0.39, 0.29) is 11.9 Å². The molecule has 1 aliphatic heterocycles. The average Bonchev–Trinajstić information content (AvgIpc) is 2.40. The number of carbonyl (C=O) groups excluding carboxylic acids is 1. The molecule has 2 N–H and O–H groups in total. The Balaban J connectivity index is 2.01. The molecule has 17 heavy (non-hydrogen) atoms. The maximum Gasteiger partial charge on any atom is 0.243 e. The second-order valence-electron chi connectivity index (χ2n) is 3.77. The van der Waals surface area contributed by atoms with E-state index in [0.717, 1.165) is 17.1 Å². The summed E-state index contributed by atoms with van der Waals surface area (Å²) in [5.41, 5.74) is 0.859. The van der Waals surface area contributed by atoms with E-state index in [9.17, 15) is 4.79 Å². The van der Waals surface area contributed by atoms with E-state index in [2.05, 4.69) is 10.6 Å². The molecule has 2 rings (SSSR count). The van der Waals surface area contributed by atoms with Gasteiger partial charge in [-0.1, -0.05) is 12.1 Å². The van der Waals surface area contributed by atoms with Crippen molar-refractivity contribution in [2.75, 3.05) is 31.3 Å². The van der Waals surface area contributed by atoms with Crippen molar-refractivity contribution in [2.24, 2.45) is 0 Å². The summed E-state index contributed by atoms with van der Waals surface area (Å²) in [6.07, 6.45) is 1.99. The Bertz CT molecular complexity index is 392. The van der Waals surface area contributed by atoms with E-state index in [0.29, 0.717) is 13.2 Å². The maximum absolute atomic E-state index is 12.0. The number of morpholine rings is 1. The number of benzene rings is 1. The van der Waals surface area contributed by atoms with E-state index >= 15 is 0 Å². The molecule has 1 aliphatic rings. The highest BCUT2D eigenvalue weighted by Gasteiger charge is 2.21. The van der Waals surface area contributed by atoms with Crippen LogP contribution in [0.3, 0.4) is 0 Å². The number of amides is 1. The number of anilines is 1. The molecule has 0 aliphatic carbocycles. The van der Waals surface area contributed by atoms with Crippen LogP contribution in [0.25, 0.3) is 0 Å². The van der Waals surface area contributed by atoms with E-state index in [4.69, 9.17) is 4.74 Å². The molecule has 1 aromatic rings. The minimum absolute atomic E-state index is 0.0359. The minimum atomic E-state index is -0.251. The predicted molar refractivity (Wildman–Crippen MR) is 69.5 cm³/mol. The Hall–Kier alpha value is -1.04. The second kappa shape index (κ2) is 6.05. The Kier molecular flexibility index (Phi) is 4.42. The maximum atomic E-state index is 12.0. The predicted octanol–water partition coefficient (Wildman–Crippen LogP) is 1.34. The van der Waals surface area contributed by atoms with Crippen molar-refractivity contribution in [2.45, 2.75) is 10.9 Å². The molecule has 1 saturated heterocycles. The van der Waals surface area contributed by atoms with Crippen LogP contribution in [0.5, 0.6) is 0 Å². The smallest absolute Gasteiger partial charge is 0.243 e. The normalized spacial score (nSPS) is 19.9. The number of hydrogen-bond donors (Lipinski definition) is 2. The highest BCUT2D eigenvalue weighted by Crippen LogP contribution is 2.24. The third-order valence-electron chi connectivity index (χ3n) is 2.60. The van der Waals surface area contributed by atoms with Gasteiger partial charge in [0.2, 0.25) is 5.91 Å². The van der Waals surface area contributed by atoms with Gasteiger partial charge in [-0.05, 0) is 18.4 Å². The molecule has 1 unspecified atom stereocenters. The van der Waals surface area contributed by atoms with Crippen LogP contribution in [-0.2, 0) is 9.53 Å². The summed E-state index contributed by atoms with van der Waals surface area (Å²) in [6, 6.07) is 7.53. The first kappa shape index (κ1) is 12.4. The SMILES string of the molecule is CSc1ccccc1NC(=O)C1COCCN1. The molecule has 1 amide bonds. The van der Waals surface area contributed by atoms with Gasteiger partial charge in [0.15, 0.2) is 0 Å². The standard InChI is InChI=1S/C12H16N2O2S/c1-17-11-5-3-2-4-9(11)14-12(15)10-8-16-7-6-13-10/h2-5,10,13H,6-8H2,1H3,(H,14,15). The van der Waals surface area contributed by atoms with Crippen LogP contribution < -0.4 is 10.6 Å². The Morgan fingerprint density at radius 1 is 1.53 bits per heavy atom. The molecule has 1 heterocycles. The Labute approximate surface area is 105 Å². The van der Waals surface area contributed by atoms with Crippen molar-refractivity contribution < 1.29 is 9.53 Å². The minimum Gasteiger partial charge on any atom is -0.378 e. The van der Waals surface area contributed by atoms with Crippen LogP contribution in [0.15, 0.2) is 29.2 Å². The van der Waals surface area contributed by atoms with Gasteiger partial charge in [0.1, 0.15) is 6.04 Å². The molecule has 5 heteroatoms. The van der Waals surface area contributed by atoms with Gasteiger partial charge >= 0.3 is 0 Å². The van der Waals surface area contributed by atoms with Crippen LogP contribution >= 0.6 is 11.8 Å². The van der Waals surface area contributed by atoms with Crippen LogP contribution in [0.2, 0.25) is 0 Å². The Morgan fingerprint density at radius 3 is 3.06 bits per heavy atom. The quantitative estimate of drug-likeness (QED) is 0.797. The largest absolute Gasteiger partial charge is 0.378 e. The summed E-state index contributed by atoms with van der Waals surface area (Å²) in [7, 11) is 0. The van der Waals surface area contributed by atoms with Gasteiger partial charge in [0.25, 0.3) is 0 Å². The third-order valence-corrected chi connectivity index (χ3v) is 3.40. The molecule has 92 valence electrons. The van der Waals surface area contributed by atoms with E-state index < -0.39 is 0 Å². The van der Waals surface area contributed by atoms with Crippen molar-refractivity contribution in [1.29, 1.82) is 0 Å². The number of nitrogens with one attached hydrogen (secondary N) is 2. The molecule has 1 fully saturated rings. The summed E-state index contributed by atoms with van der Waals surface area (Å²) < 4.78 is 5.27. The first-order valence-corrected chi connectivity index (χ1v) is 6.79. The van der Waals surface area contributed by atoms with E-state index in [1.807, 2.05) is 30.5 Å². The molecule has 0 aromatic heterocycles. The molecule has 0 bridgehead atoms. The molecule has 0 radical (unpaired) electrons. The first-order chi connectivity index (χ1) is 8.31. The van der Waals surface area contributed by atoms with Crippen molar-refractivity contribution in [1.82, 2.24) is 5.32 Å². The van der Waals surface area contributed by atoms with Crippen LogP contribution in [0.1, 0.15) is 0 Å². The monoisotopic (exact) mass is 252 g/mol. The summed E-state index contributed by atoms with van der Waals surface area (Å²) >= 11 is 1.62. The third kappa shape index (κ3) is 3.21. The van der Waals surface area contributed by atoms with E-state index in [1.54, 1.807) is 11.8 Å². The van der Waals surface area contributed by atoms with Crippen LogP contribution in [0.4, 0.5) is 5.69 Å². The highest BCUT2D eigenvalue weighted by atomic mass is 32.2.